The van der Waals surface area contributed by atoms with Crippen molar-refractivity contribution in [2.75, 3.05) is 31.1 Å². The van der Waals surface area contributed by atoms with E-state index in [4.69, 9.17) is 5.11 Å². The standard InChI is InChI=1S/C11H13FN2O2/c12-9-3-1-2-4-10(9)13-5-7-14(8-6-13)11(15)16/h1-4H,5-8H2,(H,15,16). The van der Waals surface area contributed by atoms with Crippen molar-refractivity contribution in [2.24, 2.45) is 0 Å². The van der Waals surface area contributed by atoms with E-state index in [-0.39, 0.29) is 5.82 Å². The molecule has 16 heavy (non-hydrogen) atoms. The predicted octanol–water partition coefficient (Wildman–Crippen LogP) is 1.63. The summed E-state index contributed by atoms with van der Waals surface area (Å²) in [6.07, 6.45) is -0.909. The molecule has 1 amide bonds. The monoisotopic (exact) mass is 224 g/mol. The van der Waals surface area contributed by atoms with E-state index in [1.165, 1.54) is 11.0 Å². The highest BCUT2D eigenvalue weighted by atomic mass is 19.1. The van der Waals surface area contributed by atoms with E-state index in [9.17, 15) is 9.18 Å². The first-order valence-corrected chi connectivity index (χ1v) is 5.16. The first-order chi connectivity index (χ1) is 7.68. The summed E-state index contributed by atoms with van der Waals surface area (Å²) in [5, 5.41) is 8.78. The van der Waals surface area contributed by atoms with Crippen molar-refractivity contribution in [3.8, 4) is 0 Å². The number of hydrogen-bond donors (Lipinski definition) is 1. The Morgan fingerprint density at radius 3 is 2.38 bits per heavy atom. The summed E-state index contributed by atoms with van der Waals surface area (Å²) < 4.78 is 13.5. The maximum atomic E-state index is 13.5. The molecule has 86 valence electrons. The van der Waals surface area contributed by atoms with E-state index in [1.54, 1.807) is 18.2 Å². The number of para-hydroxylation sites is 1. The van der Waals surface area contributed by atoms with Crippen molar-refractivity contribution in [2.45, 2.75) is 0 Å². The lowest BCUT2D eigenvalue weighted by molar-refractivity contribution is 0.142. The van der Waals surface area contributed by atoms with Crippen LogP contribution in [0.2, 0.25) is 0 Å². The zero-order valence-electron chi connectivity index (χ0n) is 8.77. The number of anilines is 1. The van der Waals surface area contributed by atoms with Crippen molar-refractivity contribution in [1.29, 1.82) is 0 Å². The molecule has 1 heterocycles. The Hall–Kier alpha value is -1.78. The van der Waals surface area contributed by atoms with Gasteiger partial charge < -0.3 is 14.9 Å². The van der Waals surface area contributed by atoms with E-state index < -0.39 is 6.09 Å². The predicted molar refractivity (Wildman–Crippen MR) is 58.2 cm³/mol. The van der Waals surface area contributed by atoms with Crippen LogP contribution in [0.1, 0.15) is 0 Å². The molecule has 1 aliphatic rings. The Bertz CT molecular complexity index is 389. The summed E-state index contributed by atoms with van der Waals surface area (Å²) in [6.45, 7) is 1.91. The molecule has 0 aromatic heterocycles. The summed E-state index contributed by atoms with van der Waals surface area (Å²) in [7, 11) is 0. The first-order valence-electron chi connectivity index (χ1n) is 5.16. The second kappa shape index (κ2) is 4.38. The molecule has 5 heteroatoms. The van der Waals surface area contributed by atoms with Gasteiger partial charge in [-0.3, -0.25) is 0 Å². The van der Waals surface area contributed by atoms with E-state index in [0.717, 1.165) is 0 Å². The Balaban J connectivity index is 2.05. The van der Waals surface area contributed by atoms with E-state index >= 15 is 0 Å². The van der Waals surface area contributed by atoms with Crippen LogP contribution in [-0.4, -0.2) is 42.3 Å². The molecule has 0 saturated carbocycles. The lowest BCUT2D eigenvalue weighted by Gasteiger charge is -2.34. The van der Waals surface area contributed by atoms with Crippen LogP contribution < -0.4 is 4.90 Å². The number of rotatable bonds is 1. The number of carbonyl (C=O) groups is 1. The Morgan fingerprint density at radius 2 is 1.81 bits per heavy atom. The molecule has 1 aromatic rings. The minimum atomic E-state index is -0.909. The lowest BCUT2D eigenvalue weighted by atomic mass is 10.2. The van der Waals surface area contributed by atoms with Gasteiger partial charge in [0.2, 0.25) is 0 Å². The first kappa shape index (κ1) is 10.7. The van der Waals surface area contributed by atoms with E-state index in [0.29, 0.717) is 31.9 Å². The number of nitrogens with zero attached hydrogens (tertiary/aromatic N) is 2. The quantitative estimate of drug-likeness (QED) is 0.788. The van der Waals surface area contributed by atoms with Crippen LogP contribution in [0.25, 0.3) is 0 Å². The van der Waals surface area contributed by atoms with Crippen LogP contribution >= 0.6 is 0 Å². The fourth-order valence-electron chi connectivity index (χ4n) is 1.85. The zero-order valence-corrected chi connectivity index (χ0v) is 8.77. The summed E-state index contributed by atoms with van der Waals surface area (Å²) in [5.74, 6) is -0.258. The van der Waals surface area contributed by atoms with Crippen LogP contribution in [0.15, 0.2) is 24.3 Å². The Kier molecular flexibility index (Phi) is 2.94. The third-order valence-electron chi connectivity index (χ3n) is 2.74. The number of carboxylic acid groups (broad SMARTS) is 1. The van der Waals surface area contributed by atoms with E-state index in [1.807, 2.05) is 4.90 Å². The Labute approximate surface area is 92.9 Å². The number of hydrogen-bond acceptors (Lipinski definition) is 2. The Morgan fingerprint density at radius 1 is 1.19 bits per heavy atom. The molecule has 2 rings (SSSR count). The van der Waals surface area contributed by atoms with Gasteiger partial charge in [-0.2, -0.15) is 0 Å². The van der Waals surface area contributed by atoms with Gasteiger partial charge in [0, 0.05) is 26.2 Å². The topological polar surface area (TPSA) is 43.8 Å². The highest BCUT2D eigenvalue weighted by Crippen LogP contribution is 2.19. The minimum absolute atomic E-state index is 0.258. The third-order valence-corrected chi connectivity index (χ3v) is 2.74. The van der Waals surface area contributed by atoms with E-state index in [2.05, 4.69) is 0 Å². The maximum Gasteiger partial charge on any atom is 0.407 e. The highest BCUT2D eigenvalue weighted by Gasteiger charge is 2.21. The molecular weight excluding hydrogens is 211 g/mol. The van der Waals surface area contributed by atoms with Gasteiger partial charge in [-0.05, 0) is 12.1 Å². The molecule has 1 aliphatic heterocycles. The van der Waals surface area contributed by atoms with Gasteiger partial charge in [0.15, 0.2) is 0 Å². The number of piperazine rings is 1. The average molecular weight is 224 g/mol. The molecule has 0 bridgehead atoms. The van der Waals surface area contributed by atoms with Gasteiger partial charge in [-0.15, -0.1) is 0 Å². The molecule has 0 aliphatic carbocycles. The molecule has 1 N–H and O–H groups in total. The normalized spacial score (nSPS) is 16.3. The fourth-order valence-corrected chi connectivity index (χ4v) is 1.85. The molecule has 1 saturated heterocycles. The van der Waals surface area contributed by atoms with Crippen molar-refractivity contribution in [1.82, 2.24) is 4.90 Å². The molecule has 0 unspecified atom stereocenters. The zero-order chi connectivity index (χ0) is 11.5. The van der Waals surface area contributed by atoms with Crippen LogP contribution in [0.3, 0.4) is 0 Å². The number of benzene rings is 1. The van der Waals surface area contributed by atoms with Gasteiger partial charge in [0.25, 0.3) is 0 Å². The van der Waals surface area contributed by atoms with Crippen molar-refractivity contribution >= 4 is 11.8 Å². The maximum absolute atomic E-state index is 13.5. The van der Waals surface area contributed by atoms with Crippen molar-refractivity contribution in [3.05, 3.63) is 30.1 Å². The van der Waals surface area contributed by atoms with Gasteiger partial charge in [-0.1, -0.05) is 12.1 Å². The molecule has 0 atom stereocenters. The van der Waals surface area contributed by atoms with Gasteiger partial charge in [0.1, 0.15) is 5.82 Å². The van der Waals surface area contributed by atoms with Crippen molar-refractivity contribution in [3.63, 3.8) is 0 Å². The molecule has 4 nitrogen and oxygen atoms in total. The average Bonchev–Trinajstić information content (AvgIpc) is 2.30. The summed E-state index contributed by atoms with van der Waals surface area (Å²) in [6, 6.07) is 6.55. The van der Waals surface area contributed by atoms with Crippen LogP contribution in [0.4, 0.5) is 14.9 Å². The molecule has 1 aromatic carbocycles. The summed E-state index contributed by atoms with van der Waals surface area (Å²) in [5.41, 5.74) is 0.549. The SMILES string of the molecule is O=C(O)N1CCN(c2ccccc2F)CC1. The minimum Gasteiger partial charge on any atom is -0.465 e. The smallest absolute Gasteiger partial charge is 0.407 e. The third kappa shape index (κ3) is 2.08. The fraction of sp³-hybridized carbons (Fsp3) is 0.364. The highest BCUT2D eigenvalue weighted by molar-refractivity contribution is 5.65. The van der Waals surface area contributed by atoms with Crippen molar-refractivity contribution < 1.29 is 14.3 Å². The summed E-state index contributed by atoms with van der Waals surface area (Å²) >= 11 is 0. The largest absolute Gasteiger partial charge is 0.465 e. The van der Waals surface area contributed by atoms with Gasteiger partial charge in [0.05, 0.1) is 5.69 Å². The molecular formula is C11H13FN2O2. The molecule has 1 fully saturated rings. The van der Waals surface area contributed by atoms with Crippen LogP contribution in [-0.2, 0) is 0 Å². The second-order valence-electron chi connectivity index (χ2n) is 3.71. The number of halogens is 1. The second-order valence-corrected chi connectivity index (χ2v) is 3.71. The number of amides is 1. The molecule has 0 spiro atoms. The van der Waals surface area contributed by atoms with Crippen LogP contribution in [0, 0.1) is 5.82 Å². The lowest BCUT2D eigenvalue weighted by Crippen LogP contribution is -2.48. The van der Waals surface area contributed by atoms with Gasteiger partial charge in [-0.25, -0.2) is 9.18 Å². The van der Waals surface area contributed by atoms with Gasteiger partial charge >= 0.3 is 6.09 Å². The molecule has 0 radical (unpaired) electrons. The summed E-state index contributed by atoms with van der Waals surface area (Å²) in [4.78, 5) is 13.9. The van der Waals surface area contributed by atoms with Crippen LogP contribution in [0.5, 0.6) is 0 Å².